The first-order valence-electron chi connectivity index (χ1n) is 4.93. The van der Waals surface area contributed by atoms with E-state index in [0.29, 0.717) is 0 Å². The third-order valence-electron chi connectivity index (χ3n) is 2.37. The maximum absolute atomic E-state index is 12.6. The van der Waals surface area contributed by atoms with Crippen LogP contribution in [0.3, 0.4) is 0 Å². The van der Waals surface area contributed by atoms with Gasteiger partial charge in [-0.25, -0.2) is 0 Å². The summed E-state index contributed by atoms with van der Waals surface area (Å²) < 4.78 is 105. The van der Waals surface area contributed by atoms with E-state index in [2.05, 4.69) is 4.74 Å². The Morgan fingerprint density at radius 2 is 1.62 bits per heavy atom. The van der Waals surface area contributed by atoms with Crippen molar-refractivity contribution in [3.8, 4) is 5.75 Å². The topological polar surface area (TPSA) is 55.5 Å². The number of aliphatic hydroxyl groups is 1. The summed E-state index contributed by atoms with van der Waals surface area (Å²) in [7, 11) is -9.50. The van der Waals surface area contributed by atoms with Gasteiger partial charge < -0.3 is 15.6 Å². The van der Waals surface area contributed by atoms with Crippen molar-refractivity contribution in [3.63, 3.8) is 0 Å². The molecule has 0 amide bonds. The second-order valence-electron chi connectivity index (χ2n) is 4.05. The number of hydrogen-bond acceptors (Lipinski definition) is 3. The fraction of sp³-hybridized carbons (Fsp3) is 0.333. The number of anilines is 1. The first-order chi connectivity index (χ1) is 8.97. The number of halogens is 8. The van der Waals surface area contributed by atoms with Crippen LogP contribution in [0.25, 0.3) is 0 Å². The molecule has 3 N–H and O–H groups in total. The minimum absolute atomic E-state index is 0.243. The van der Waals surface area contributed by atoms with Crippen LogP contribution in [0.5, 0.6) is 5.75 Å². The summed E-state index contributed by atoms with van der Waals surface area (Å²) in [4.78, 5) is -2.65. The molecule has 3 nitrogen and oxygen atoms in total. The Morgan fingerprint density at radius 1 is 1.14 bits per heavy atom. The Bertz CT molecular complexity index is 567. The van der Waals surface area contributed by atoms with Gasteiger partial charge in [-0.1, -0.05) is 19.4 Å². The summed E-state index contributed by atoms with van der Waals surface area (Å²) in [5.41, 5.74) is 2.35. The van der Waals surface area contributed by atoms with Crippen LogP contribution in [0.4, 0.5) is 38.3 Å². The van der Waals surface area contributed by atoms with Crippen molar-refractivity contribution in [2.24, 2.45) is 0 Å². The molecule has 1 aromatic rings. The average molecular weight is 347 g/mol. The van der Waals surface area contributed by atoms with E-state index >= 15 is 0 Å². The molecule has 124 valence electrons. The molecule has 1 rings (SSSR count). The van der Waals surface area contributed by atoms with E-state index in [4.69, 9.17) is 10.8 Å². The molecule has 0 saturated carbocycles. The van der Waals surface area contributed by atoms with Gasteiger partial charge in [-0.3, -0.25) is 0 Å². The zero-order chi connectivity index (χ0) is 16.9. The van der Waals surface area contributed by atoms with Gasteiger partial charge in [0.15, 0.2) is 6.10 Å². The van der Waals surface area contributed by atoms with Crippen molar-refractivity contribution in [1.29, 1.82) is 0 Å². The molecule has 21 heavy (non-hydrogen) atoms. The van der Waals surface area contributed by atoms with Crippen LogP contribution in [0.1, 0.15) is 11.7 Å². The van der Waals surface area contributed by atoms with Gasteiger partial charge in [0.2, 0.25) is 0 Å². The third-order valence-corrected chi connectivity index (χ3v) is 3.50. The summed E-state index contributed by atoms with van der Waals surface area (Å²) >= 11 is 0. The second-order valence-corrected chi connectivity index (χ2v) is 6.46. The molecule has 0 spiro atoms. The fourth-order valence-corrected chi connectivity index (χ4v) is 2.18. The van der Waals surface area contributed by atoms with E-state index in [0.717, 1.165) is 7.11 Å². The largest absolute Gasteiger partial charge is 0.494 e. The minimum Gasteiger partial charge on any atom is -0.494 e. The van der Waals surface area contributed by atoms with Crippen molar-refractivity contribution in [2.75, 3.05) is 12.8 Å². The first-order valence-corrected chi connectivity index (χ1v) is 6.89. The predicted octanol–water partition coefficient (Wildman–Crippen LogP) is 4.53. The van der Waals surface area contributed by atoms with Crippen molar-refractivity contribution in [2.45, 2.75) is 17.2 Å². The minimum atomic E-state index is -10.3. The highest BCUT2D eigenvalue weighted by Gasteiger charge is 2.66. The van der Waals surface area contributed by atoms with Crippen LogP contribution in [-0.4, -0.2) is 18.4 Å². The number of nitrogen functional groups attached to an aromatic ring is 1. The van der Waals surface area contributed by atoms with Crippen LogP contribution >= 0.6 is 10.2 Å². The molecule has 1 atom stereocenters. The van der Waals surface area contributed by atoms with Crippen molar-refractivity contribution in [1.82, 2.24) is 0 Å². The van der Waals surface area contributed by atoms with E-state index < -0.39 is 50.5 Å². The molecule has 0 heterocycles. The molecular formula is C9H9F8NO2S. The van der Waals surface area contributed by atoms with E-state index in [1.54, 1.807) is 0 Å². The number of benzene rings is 1. The lowest BCUT2D eigenvalue weighted by Crippen LogP contribution is -2.22. The molecule has 0 aliphatic rings. The Hall–Kier alpha value is -1.43. The molecule has 0 saturated heterocycles. The van der Waals surface area contributed by atoms with Gasteiger partial charge >= 0.3 is 16.4 Å². The predicted molar refractivity (Wildman–Crippen MR) is 59.8 cm³/mol. The molecule has 0 radical (unpaired) electrons. The highest BCUT2D eigenvalue weighted by atomic mass is 32.5. The van der Waals surface area contributed by atoms with Crippen molar-refractivity contribution >= 4 is 15.9 Å². The monoisotopic (exact) mass is 347 g/mol. The lowest BCUT2D eigenvalue weighted by Gasteiger charge is -2.41. The zero-order valence-electron chi connectivity index (χ0n) is 10.1. The van der Waals surface area contributed by atoms with E-state index in [1.807, 2.05) is 0 Å². The number of methoxy groups -OCH3 is 1. The highest BCUT2D eigenvalue weighted by molar-refractivity contribution is 8.45. The van der Waals surface area contributed by atoms with Gasteiger partial charge in [-0.15, -0.1) is 0 Å². The summed E-state index contributed by atoms with van der Waals surface area (Å²) in [5, 5.41) is 8.99. The number of rotatable bonds is 3. The smallest absolute Gasteiger partial charge is 0.418 e. The van der Waals surface area contributed by atoms with E-state index in [-0.39, 0.29) is 6.07 Å². The molecule has 0 aromatic heterocycles. The average Bonchev–Trinajstić information content (AvgIpc) is 2.22. The molecule has 0 bridgehead atoms. The van der Waals surface area contributed by atoms with E-state index in [1.165, 1.54) is 0 Å². The number of ether oxygens (including phenoxy) is 1. The fourth-order valence-electron chi connectivity index (χ4n) is 1.48. The van der Waals surface area contributed by atoms with Crippen molar-refractivity contribution in [3.05, 3.63) is 17.7 Å². The van der Waals surface area contributed by atoms with Crippen LogP contribution in [-0.2, 0) is 0 Å². The summed E-state index contributed by atoms with van der Waals surface area (Å²) in [6.45, 7) is 0. The van der Waals surface area contributed by atoms with Crippen LogP contribution in [0, 0.1) is 0 Å². The lowest BCUT2D eigenvalue weighted by atomic mass is 10.1. The van der Waals surface area contributed by atoms with Gasteiger partial charge in [0.1, 0.15) is 10.6 Å². The molecular weight excluding hydrogens is 338 g/mol. The number of nitrogens with two attached hydrogens (primary N) is 1. The first kappa shape index (κ1) is 17.6. The summed E-state index contributed by atoms with van der Waals surface area (Å²) in [6.07, 6.45) is -8.86. The standard InChI is InChI=1S/C9H9F8NO2S/c1-20-7-5(8(19)9(10,11)12)2-4(3-6(7)18)21(13,14,15,16)17/h2-3,8,19H,18H2,1H3. The van der Waals surface area contributed by atoms with Crippen LogP contribution < -0.4 is 10.5 Å². The van der Waals surface area contributed by atoms with E-state index in [9.17, 15) is 32.6 Å². The SMILES string of the molecule is COc1c(N)cc(S(F)(F)(F)(F)F)cc1C(O)C(F)(F)F. The number of alkyl halides is 3. The Morgan fingerprint density at radius 3 is 1.95 bits per heavy atom. The third kappa shape index (κ3) is 3.81. The molecule has 1 aromatic carbocycles. The normalized spacial score (nSPS) is 17.8. The van der Waals surface area contributed by atoms with Crippen molar-refractivity contribution < 1.29 is 42.4 Å². The van der Waals surface area contributed by atoms with Crippen LogP contribution in [0.15, 0.2) is 17.0 Å². The maximum Gasteiger partial charge on any atom is 0.418 e. The van der Waals surface area contributed by atoms with Gasteiger partial charge in [0.25, 0.3) is 0 Å². The van der Waals surface area contributed by atoms with Gasteiger partial charge in [0.05, 0.1) is 12.8 Å². The summed E-state index contributed by atoms with van der Waals surface area (Å²) in [6, 6.07) is -0.762. The van der Waals surface area contributed by atoms with Crippen LogP contribution in [0.2, 0.25) is 0 Å². The lowest BCUT2D eigenvalue weighted by molar-refractivity contribution is -0.207. The van der Waals surface area contributed by atoms with Gasteiger partial charge in [0, 0.05) is 5.56 Å². The Balaban J connectivity index is 3.70. The molecule has 0 fully saturated rings. The molecule has 1 unspecified atom stereocenters. The second kappa shape index (κ2) is 4.06. The molecule has 0 aliphatic carbocycles. The quantitative estimate of drug-likeness (QED) is 0.624. The van der Waals surface area contributed by atoms with Gasteiger partial charge in [-0.05, 0) is 12.1 Å². The highest BCUT2D eigenvalue weighted by Crippen LogP contribution is 3.02. The summed E-state index contributed by atoms with van der Waals surface area (Å²) in [5.74, 6) is -0.967. The number of aliphatic hydroxyl groups excluding tert-OH is 1. The Kier molecular flexibility index (Phi) is 3.41. The van der Waals surface area contributed by atoms with Gasteiger partial charge in [-0.2, -0.15) is 13.2 Å². The zero-order valence-corrected chi connectivity index (χ0v) is 10.9. The molecule has 12 heteroatoms. The number of hydrogen-bond donors (Lipinski definition) is 2. The molecule has 0 aliphatic heterocycles. The Labute approximate surface area is 113 Å². The maximum atomic E-state index is 12.6.